The minimum absolute atomic E-state index is 0.0772. The van der Waals surface area contributed by atoms with Crippen LogP contribution in [0.25, 0.3) is 0 Å². The molecule has 2 aromatic rings. The highest BCUT2D eigenvalue weighted by atomic mass is 35.5. The number of allylic oxidation sites excluding steroid dienone is 1. The topological polar surface area (TPSA) is 46.6 Å². The van der Waals surface area contributed by atoms with Crippen LogP contribution in [0, 0.1) is 5.92 Å². The second kappa shape index (κ2) is 8.21. The summed E-state index contributed by atoms with van der Waals surface area (Å²) in [6.07, 6.45) is 2.99. The largest absolute Gasteiger partial charge is 0.477 e. The van der Waals surface area contributed by atoms with Crippen molar-refractivity contribution in [1.29, 1.82) is 0 Å². The minimum Gasteiger partial charge on any atom is -0.477 e. The normalized spacial score (nSPS) is 23.2. The highest BCUT2D eigenvalue weighted by Gasteiger charge is 2.44. The maximum Gasteiger partial charge on any atom is 0.289 e. The van der Waals surface area contributed by atoms with E-state index in [-0.39, 0.29) is 23.5 Å². The van der Waals surface area contributed by atoms with E-state index in [0.29, 0.717) is 22.5 Å². The van der Waals surface area contributed by atoms with Gasteiger partial charge in [0, 0.05) is 22.7 Å². The molecule has 2 fully saturated rings. The van der Waals surface area contributed by atoms with Gasteiger partial charge < -0.3 is 9.64 Å². The lowest BCUT2D eigenvalue weighted by atomic mass is 9.92. The Balaban J connectivity index is 1.83. The molecule has 0 radical (unpaired) electrons. The van der Waals surface area contributed by atoms with Crippen LogP contribution >= 0.6 is 23.2 Å². The molecule has 2 atom stereocenters. The quantitative estimate of drug-likeness (QED) is 0.587. The van der Waals surface area contributed by atoms with Crippen molar-refractivity contribution in [2.45, 2.75) is 31.9 Å². The fraction of sp³-hybridized carbons (Fsp3) is 0.304. The van der Waals surface area contributed by atoms with Crippen LogP contribution in [-0.4, -0.2) is 23.1 Å². The molecule has 2 aliphatic rings. The van der Waals surface area contributed by atoms with Crippen molar-refractivity contribution in [3.8, 4) is 0 Å². The third-order valence-electron chi connectivity index (χ3n) is 5.22. The zero-order valence-corrected chi connectivity index (χ0v) is 17.5. The summed E-state index contributed by atoms with van der Waals surface area (Å²) in [7, 11) is 0. The molecule has 4 nitrogen and oxygen atoms in total. The molecule has 29 heavy (non-hydrogen) atoms. The van der Waals surface area contributed by atoms with Gasteiger partial charge in [-0.2, -0.15) is 0 Å². The summed E-state index contributed by atoms with van der Waals surface area (Å²) < 4.78 is 6.14. The molecule has 1 saturated heterocycles. The van der Waals surface area contributed by atoms with E-state index in [1.807, 2.05) is 47.4 Å². The van der Waals surface area contributed by atoms with E-state index in [1.54, 1.807) is 6.07 Å². The smallest absolute Gasteiger partial charge is 0.289 e. The number of carbonyl (C=O) groups is 2. The molecule has 6 heteroatoms. The average molecular weight is 430 g/mol. The number of nitrogens with zero attached hydrogens (tertiary/aromatic N) is 1. The fourth-order valence-corrected chi connectivity index (χ4v) is 4.01. The highest BCUT2D eigenvalue weighted by Crippen LogP contribution is 2.45. The molecule has 0 N–H and O–H groups in total. The van der Waals surface area contributed by atoms with Crippen LogP contribution in [0.4, 0.5) is 0 Å². The molecular weight excluding hydrogens is 409 g/mol. The average Bonchev–Trinajstić information content (AvgIpc) is 3.49. The Morgan fingerprint density at radius 2 is 1.83 bits per heavy atom. The lowest BCUT2D eigenvalue weighted by molar-refractivity contribution is -0.148. The molecule has 1 aliphatic carbocycles. The number of benzene rings is 2. The van der Waals surface area contributed by atoms with Gasteiger partial charge in [-0.05, 0) is 61.1 Å². The first-order chi connectivity index (χ1) is 13.9. The van der Waals surface area contributed by atoms with Crippen molar-refractivity contribution >= 4 is 34.9 Å². The third-order valence-corrected chi connectivity index (χ3v) is 5.71. The number of halogens is 2. The van der Waals surface area contributed by atoms with Crippen LogP contribution in [0.1, 0.15) is 43.0 Å². The van der Waals surface area contributed by atoms with Crippen molar-refractivity contribution in [2.24, 2.45) is 5.92 Å². The van der Waals surface area contributed by atoms with Gasteiger partial charge in [0.05, 0.1) is 6.04 Å². The molecule has 0 bridgehead atoms. The Labute approximate surface area is 180 Å². The van der Waals surface area contributed by atoms with Gasteiger partial charge in [-0.15, -0.1) is 0 Å². The SMILES string of the molecule is CC(=O)/C=C1/O[C@H](c2cccc(Cl)c2)[C@@H](c2ccc(Cl)cc2)N(CC2CC2)C1=O. The Hall–Kier alpha value is -2.30. The predicted octanol–water partition coefficient (Wildman–Crippen LogP) is 5.52. The van der Waals surface area contributed by atoms with Crippen LogP contribution in [0.5, 0.6) is 0 Å². The lowest BCUT2D eigenvalue weighted by Crippen LogP contribution is -2.45. The maximum atomic E-state index is 13.2. The number of morpholine rings is 1. The predicted molar refractivity (Wildman–Crippen MR) is 113 cm³/mol. The van der Waals surface area contributed by atoms with E-state index in [2.05, 4.69) is 0 Å². The van der Waals surface area contributed by atoms with Crippen molar-refractivity contribution in [3.63, 3.8) is 0 Å². The van der Waals surface area contributed by atoms with E-state index in [0.717, 1.165) is 24.0 Å². The molecule has 0 aromatic heterocycles. The first-order valence-corrected chi connectivity index (χ1v) is 10.4. The molecule has 0 spiro atoms. The van der Waals surface area contributed by atoms with Gasteiger partial charge in [-0.1, -0.05) is 47.5 Å². The van der Waals surface area contributed by atoms with Gasteiger partial charge in [-0.3, -0.25) is 9.59 Å². The number of ether oxygens (including phenoxy) is 1. The van der Waals surface area contributed by atoms with Crippen LogP contribution in [0.2, 0.25) is 10.0 Å². The second-order valence-electron chi connectivity index (χ2n) is 7.61. The van der Waals surface area contributed by atoms with Gasteiger partial charge in [0.25, 0.3) is 5.91 Å². The van der Waals surface area contributed by atoms with E-state index in [9.17, 15) is 9.59 Å². The Bertz CT molecular complexity index is 966. The van der Waals surface area contributed by atoms with E-state index < -0.39 is 6.10 Å². The lowest BCUT2D eigenvalue weighted by Gasteiger charge is -2.42. The monoisotopic (exact) mass is 429 g/mol. The van der Waals surface area contributed by atoms with Crippen LogP contribution in [0.3, 0.4) is 0 Å². The molecule has 1 aliphatic heterocycles. The van der Waals surface area contributed by atoms with E-state index >= 15 is 0 Å². The summed E-state index contributed by atoms with van der Waals surface area (Å²) in [5, 5.41) is 1.21. The third kappa shape index (κ3) is 4.49. The highest BCUT2D eigenvalue weighted by molar-refractivity contribution is 6.30. The fourth-order valence-electron chi connectivity index (χ4n) is 3.69. The Kier molecular flexibility index (Phi) is 5.66. The zero-order valence-electron chi connectivity index (χ0n) is 16.0. The van der Waals surface area contributed by atoms with Gasteiger partial charge >= 0.3 is 0 Å². The van der Waals surface area contributed by atoms with Crippen molar-refractivity contribution in [3.05, 3.63) is 81.5 Å². The summed E-state index contributed by atoms with van der Waals surface area (Å²) in [6, 6.07) is 14.5. The first kappa shape index (κ1) is 20.0. The van der Waals surface area contributed by atoms with Gasteiger partial charge in [0.15, 0.2) is 11.5 Å². The summed E-state index contributed by atoms with van der Waals surface area (Å²) >= 11 is 12.3. The van der Waals surface area contributed by atoms with Gasteiger partial charge in [0.2, 0.25) is 0 Å². The zero-order chi connectivity index (χ0) is 20.5. The van der Waals surface area contributed by atoms with Crippen LogP contribution in [-0.2, 0) is 14.3 Å². The van der Waals surface area contributed by atoms with E-state index in [1.165, 1.54) is 13.0 Å². The summed E-state index contributed by atoms with van der Waals surface area (Å²) in [4.78, 5) is 26.8. The molecule has 1 amide bonds. The molecule has 4 rings (SSSR count). The van der Waals surface area contributed by atoms with Crippen molar-refractivity contribution in [1.82, 2.24) is 4.90 Å². The molecule has 0 unspecified atom stereocenters. The summed E-state index contributed by atoms with van der Waals surface area (Å²) in [5.41, 5.74) is 1.77. The molecule has 1 heterocycles. The van der Waals surface area contributed by atoms with Gasteiger partial charge in [-0.25, -0.2) is 0 Å². The number of rotatable bonds is 5. The van der Waals surface area contributed by atoms with Crippen LogP contribution in [0.15, 0.2) is 60.4 Å². The number of ketones is 1. The number of hydrogen-bond donors (Lipinski definition) is 0. The van der Waals surface area contributed by atoms with Crippen molar-refractivity contribution in [2.75, 3.05) is 6.54 Å². The van der Waals surface area contributed by atoms with Gasteiger partial charge in [0.1, 0.15) is 6.10 Å². The molecule has 150 valence electrons. The summed E-state index contributed by atoms with van der Waals surface area (Å²) in [5.74, 6) is 0.0682. The van der Waals surface area contributed by atoms with Crippen LogP contribution < -0.4 is 0 Å². The maximum absolute atomic E-state index is 13.2. The number of hydrogen-bond acceptors (Lipinski definition) is 3. The first-order valence-electron chi connectivity index (χ1n) is 9.63. The summed E-state index contributed by atoms with van der Waals surface area (Å²) in [6.45, 7) is 2.04. The Morgan fingerprint density at radius 1 is 1.10 bits per heavy atom. The number of amides is 1. The van der Waals surface area contributed by atoms with E-state index in [4.69, 9.17) is 27.9 Å². The minimum atomic E-state index is -0.489. The molecule has 2 aromatic carbocycles. The number of carbonyl (C=O) groups excluding carboxylic acids is 2. The Morgan fingerprint density at radius 3 is 2.45 bits per heavy atom. The molecular formula is C23H21Cl2NO3. The standard InChI is InChI=1S/C23H21Cl2NO3/c1-14(27)11-20-23(28)26(13-15-5-6-15)21(16-7-9-18(24)10-8-16)22(29-20)17-3-2-4-19(25)12-17/h2-4,7-12,15,21-22H,5-6,13H2,1H3/b20-11+/t21-,22-/m1/s1. The van der Waals surface area contributed by atoms with Crippen molar-refractivity contribution < 1.29 is 14.3 Å². The molecule has 1 saturated carbocycles. The second-order valence-corrected chi connectivity index (χ2v) is 8.48.